The average molecular weight is 255 g/mol. The Morgan fingerprint density at radius 1 is 1.05 bits per heavy atom. The van der Waals surface area contributed by atoms with E-state index in [0.717, 1.165) is 23.7 Å². The van der Waals surface area contributed by atoms with Gasteiger partial charge >= 0.3 is 5.82 Å². The molecule has 0 fully saturated rings. The van der Waals surface area contributed by atoms with Crippen LogP contribution in [0.15, 0.2) is 48.9 Å². The molecular formula is C12H9N5O2. The van der Waals surface area contributed by atoms with Crippen LogP contribution in [0.1, 0.15) is 0 Å². The van der Waals surface area contributed by atoms with Crippen LogP contribution in [-0.2, 0) is 0 Å². The molecule has 3 aromatic rings. The van der Waals surface area contributed by atoms with E-state index in [1.54, 1.807) is 24.4 Å². The van der Waals surface area contributed by atoms with Crippen molar-refractivity contribution >= 4 is 0 Å². The standard InChI is InChI=1S/C12H9N5O2/c18-16-6-7-17(19)15-12(16)10-3-1-2-9(8-10)11-4-5-13-14-11/h1-8H,(H,13,14). The maximum atomic E-state index is 11.6. The van der Waals surface area contributed by atoms with E-state index in [1.165, 1.54) is 0 Å². The van der Waals surface area contributed by atoms with Gasteiger partial charge in [0.05, 0.1) is 11.3 Å². The Bertz CT molecular complexity index is 712. The van der Waals surface area contributed by atoms with Gasteiger partial charge in [0.1, 0.15) is 0 Å². The number of hydrogen-bond acceptors (Lipinski definition) is 4. The number of hydrogen-bond donors (Lipinski definition) is 1. The predicted octanol–water partition coefficient (Wildman–Crippen LogP) is 0.406. The van der Waals surface area contributed by atoms with Crippen LogP contribution in [0.5, 0.6) is 0 Å². The quantitative estimate of drug-likeness (QED) is 0.529. The molecule has 0 spiro atoms. The van der Waals surface area contributed by atoms with E-state index >= 15 is 0 Å². The average Bonchev–Trinajstić information content (AvgIpc) is 2.96. The van der Waals surface area contributed by atoms with Crippen molar-refractivity contribution in [2.45, 2.75) is 0 Å². The molecular weight excluding hydrogens is 246 g/mol. The summed E-state index contributed by atoms with van der Waals surface area (Å²) >= 11 is 0. The van der Waals surface area contributed by atoms with Crippen molar-refractivity contribution in [3.63, 3.8) is 0 Å². The number of aromatic nitrogens is 5. The maximum Gasteiger partial charge on any atom is 0.408 e. The Kier molecular flexibility index (Phi) is 2.57. The molecule has 0 amide bonds. The second-order valence-electron chi connectivity index (χ2n) is 3.89. The first-order valence-corrected chi connectivity index (χ1v) is 5.54. The lowest BCUT2D eigenvalue weighted by Gasteiger charge is -2.04. The van der Waals surface area contributed by atoms with Crippen molar-refractivity contribution in [3.8, 4) is 22.6 Å². The Morgan fingerprint density at radius 2 is 1.89 bits per heavy atom. The van der Waals surface area contributed by atoms with Gasteiger partial charge in [0.2, 0.25) is 5.10 Å². The predicted molar refractivity (Wildman–Crippen MR) is 65.2 cm³/mol. The lowest BCUT2D eigenvalue weighted by Crippen LogP contribution is -2.41. The molecule has 0 aliphatic heterocycles. The number of nitrogens with zero attached hydrogens (tertiary/aromatic N) is 4. The zero-order chi connectivity index (χ0) is 13.2. The monoisotopic (exact) mass is 255 g/mol. The summed E-state index contributed by atoms with van der Waals surface area (Å²) in [5.74, 6) is 0.0508. The lowest BCUT2D eigenvalue weighted by molar-refractivity contribution is -0.707. The van der Waals surface area contributed by atoms with E-state index in [2.05, 4.69) is 15.3 Å². The molecule has 0 saturated heterocycles. The number of H-pyrrole nitrogens is 1. The van der Waals surface area contributed by atoms with Gasteiger partial charge in [-0.25, -0.2) is 4.73 Å². The van der Waals surface area contributed by atoms with Crippen LogP contribution in [0, 0.1) is 10.4 Å². The third-order valence-electron chi connectivity index (χ3n) is 2.65. The highest BCUT2D eigenvalue weighted by Crippen LogP contribution is 2.21. The van der Waals surface area contributed by atoms with Gasteiger partial charge in [0.25, 0.3) is 6.20 Å². The van der Waals surface area contributed by atoms with Crippen LogP contribution >= 0.6 is 0 Å². The van der Waals surface area contributed by atoms with Crippen LogP contribution in [0.4, 0.5) is 0 Å². The Hall–Kier alpha value is -2.96. The highest BCUT2D eigenvalue weighted by atomic mass is 16.5. The first kappa shape index (κ1) is 11.1. The van der Waals surface area contributed by atoms with E-state index in [4.69, 9.17) is 0 Å². The molecule has 0 aliphatic carbocycles. The van der Waals surface area contributed by atoms with Crippen LogP contribution in [0.25, 0.3) is 22.6 Å². The second kappa shape index (κ2) is 4.37. The van der Waals surface area contributed by atoms with Crippen molar-refractivity contribution < 1.29 is 9.58 Å². The van der Waals surface area contributed by atoms with Gasteiger partial charge < -0.3 is 10.4 Å². The molecule has 0 aliphatic rings. The number of rotatable bonds is 2. The van der Waals surface area contributed by atoms with Crippen LogP contribution in [-0.4, -0.2) is 15.3 Å². The molecule has 0 bridgehead atoms. The molecule has 7 nitrogen and oxygen atoms in total. The van der Waals surface area contributed by atoms with Crippen molar-refractivity contribution in [1.29, 1.82) is 0 Å². The van der Waals surface area contributed by atoms with Crippen LogP contribution in [0.2, 0.25) is 0 Å². The Balaban J connectivity index is 2.11. The summed E-state index contributed by atoms with van der Waals surface area (Å²) in [7, 11) is 0. The second-order valence-corrected chi connectivity index (χ2v) is 3.89. The van der Waals surface area contributed by atoms with Gasteiger partial charge in [0, 0.05) is 16.6 Å². The number of benzene rings is 1. The first-order valence-electron chi connectivity index (χ1n) is 5.54. The zero-order valence-corrected chi connectivity index (χ0v) is 9.72. The van der Waals surface area contributed by atoms with Crippen molar-refractivity contribution in [2.75, 3.05) is 0 Å². The van der Waals surface area contributed by atoms with E-state index in [9.17, 15) is 10.4 Å². The van der Waals surface area contributed by atoms with E-state index in [0.29, 0.717) is 15.1 Å². The topological polar surface area (TPSA) is 95.4 Å². The fraction of sp³-hybridized carbons (Fsp3) is 0. The summed E-state index contributed by atoms with van der Waals surface area (Å²) in [6.45, 7) is 0. The molecule has 2 heterocycles. The smallest absolute Gasteiger partial charge is 0.408 e. The molecule has 19 heavy (non-hydrogen) atoms. The van der Waals surface area contributed by atoms with Gasteiger partial charge in [-0.15, -0.1) is 0 Å². The van der Waals surface area contributed by atoms with Crippen molar-refractivity contribution in [2.24, 2.45) is 0 Å². The van der Waals surface area contributed by atoms with E-state index < -0.39 is 0 Å². The van der Waals surface area contributed by atoms with Crippen LogP contribution in [0.3, 0.4) is 0 Å². The van der Waals surface area contributed by atoms with Gasteiger partial charge in [0.15, 0.2) is 6.20 Å². The Labute approximate surface area is 107 Å². The third-order valence-corrected chi connectivity index (χ3v) is 2.65. The van der Waals surface area contributed by atoms with Gasteiger partial charge in [-0.05, 0) is 18.2 Å². The summed E-state index contributed by atoms with van der Waals surface area (Å²) in [4.78, 5) is 0.352. The molecule has 94 valence electrons. The number of nitrogens with one attached hydrogen (secondary N) is 1. The zero-order valence-electron chi connectivity index (χ0n) is 9.72. The fourth-order valence-electron chi connectivity index (χ4n) is 1.78. The summed E-state index contributed by atoms with van der Waals surface area (Å²) in [6.07, 6.45) is 3.88. The molecule has 2 aromatic heterocycles. The molecule has 7 heteroatoms. The van der Waals surface area contributed by atoms with E-state index in [1.807, 2.05) is 12.1 Å². The summed E-state index contributed by atoms with van der Waals surface area (Å²) < 4.78 is 0.554. The minimum atomic E-state index is 0.0508. The molecule has 0 radical (unpaired) electrons. The molecule has 1 N–H and O–H groups in total. The SMILES string of the molecule is [O-][n+]1cc[n+]([O-])c(-c2cccc(-c3cc[nH]n3)c2)n1. The van der Waals surface area contributed by atoms with E-state index in [-0.39, 0.29) is 5.82 Å². The van der Waals surface area contributed by atoms with Gasteiger partial charge in [-0.3, -0.25) is 5.10 Å². The molecule has 1 aromatic carbocycles. The normalized spacial score (nSPS) is 10.5. The summed E-state index contributed by atoms with van der Waals surface area (Å²) in [6, 6.07) is 8.93. The minimum absolute atomic E-state index is 0.0508. The largest absolute Gasteiger partial charge is 0.710 e. The third kappa shape index (κ3) is 2.08. The fourth-order valence-corrected chi connectivity index (χ4v) is 1.78. The molecule has 0 atom stereocenters. The van der Waals surface area contributed by atoms with Crippen LogP contribution < -0.4 is 9.58 Å². The van der Waals surface area contributed by atoms with Crippen molar-refractivity contribution in [3.05, 3.63) is 59.3 Å². The summed E-state index contributed by atoms with van der Waals surface area (Å²) in [5, 5.41) is 33.2. The summed E-state index contributed by atoms with van der Waals surface area (Å²) in [5.41, 5.74) is 2.15. The molecule has 3 rings (SSSR count). The molecule has 0 unspecified atom stereocenters. The number of aromatic amines is 1. The van der Waals surface area contributed by atoms with Gasteiger partial charge in [-0.2, -0.15) is 5.10 Å². The Morgan fingerprint density at radius 3 is 2.68 bits per heavy atom. The minimum Gasteiger partial charge on any atom is -0.710 e. The highest BCUT2D eigenvalue weighted by molar-refractivity contribution is 5.66. The molecule has 0 saturated carbocycles. The maximum absolute atomic E-state index is 11.6. The van der Waals surface area contributed by atoms with Crippen molar-refractivity contribution in [1.82, 2.24) is 15.3 Å². The van der Waals surface area contributed by atoms with Gasteiger partial charge in [-0.1, -0.05) is 12.1 Å². The first-order chi connectivity index (χ1) is 9.24. The lowest BCUT2D eigenvalue weighted by atomic mass is 10.1. The highest BCUT2D eigenvalue weighted by Gasteiger charge is 2.17.